The summed E-state index contributed by atoms with van der Waals surface area (Å²) in [6, 6.07) is 9.61. The van der Waals surface area contributed by atoms with Crippen molar-refractivity contribution in [3.63, 3.8) is 0 Å². The van der Waals surface area contributed by atoms with Crippen molar-refractivity contribution in [2.24, 2.45) is 0 Å². The Bertz CT molecular complexity index is 609. The molecule has 5 nitrogen and oxygen atoms in total. The van der Waals surface area contributed by atoms with E-state index in [1.807, 2.05) is 30.3 Å². The van der Waals surface area contributed by atoms with Crippen LogP contribution in [0.5, 0.6) is 0 Å². The maximum Gasteiger partial charge on any atom is 0.272 e. The van der Waals surface area contributed by atoms with E-state index in [4.69, 9.17) is 0 Å². The standard InChI is InChI=1S/C16H19N3O2/c20-11-14-8-4-5-9-18(14)16(21)15-10-17-12-19(15)13-6-2-1-3-7-13/h1-3,6-7,10,12,14,20H,4-5,8-9,11H2. The average molecular weight is 285 g/mol. The summed E-state index contributed by atoms with van der Waals surface area (Å²) in [5.41, 5.74) is 1.46. The molecule has 1 aliphatic rings. The van der Waals surface area contributed by atoms with Crippen LogP contribution in [0.3, 0.4) is 0 Å². The van der Waals surface area contributed by atoms with Gasteiger partial charge in [0.2, 0.25) is 0 Å². The molecule has 3 rings (SSSR count). The van der Waals surface area contributed by atoms with Gasteiger partial charge in [-0.25, -0.2) is 4.98 Å². The van der Waals surface area contributed by atoms with Gasteiger partial charge in [0.25, 0.3) is 5.91 Å². The topological polar surface area (TPSA) is 58.4 Å². The quantitative estimate of drug-likeness (QED) is 0.936. The molecule has 1 aliphatic heterocycles. The predicted octanol–water partition coefficient (Wildman–Crippen LogP) is 1.86. The van der Waals surface area contributed by atoms with Gasteiger partial charge in [-0.2, -0.15) is 0 Å². The van der Waals surface area contributed by atoms with Crippen LogP contribution < -0.4 is 0 Å². The molecule has 2 aromatic rings. The van der Waals surface area contributed by atoms with Crippen molar-refractivity contribution in [3.8, 4) is 5.69 Å². The van der Waals surface area contributed by atoms with Crippen LogP contribution in [0.4, 0.5) is 0 Å². The molecule has 1 N–H and O–H groups in total. The lowest BCUT2D eigenvalue weighted by Crippen LogP contribution is -2.46. The Morgan fingerprint density at radius 2 is 2.10 bits per heavy atom. The second-order valence-corrected chi connectivity index (χ2v) is 5.32. The highest BCUT2D eigenvalue weighted by molar-refractivity contribution is 5.93. The zero-order chi connectivity index (χ0) is 14.7. The highest BCUT2D eigenvalue weighted by atomic mass is 16.3. The molecule has 1 aromatic carbocycles. The van der Waals surface area contributed by atoms with E-state index in [-0.39, 0.29) is 18.6 Å². The lowest BCUT2D eigenvalue weighted by atomic mass is 10.0. The highest BCUT2D eigenvalue weighted by Crippen LogP contribution is 2.20. The first-order chi connectivity index (χ1) is 10.3. The maximum absolute atomic E-state index is 12.8. The van der Waals surface area contributed by atoms with Crippen molar-refractivity contribution in [2.75, 3.05) is 13.2 Å². The van der Waals surface area contributed by atoms with E-state index in [1.54, 1.807) is 22.0 Å². The van der Waals surface area contributed by atoms with Crippen molar-refractivity contribution < 1.29 is 9.90 Å². The fraction of sp³-hybridized carbons (Fsp3) is 0.375. The molecule has 0 radical (unpaired) electrons. The van der Waals surface area contributed by atoms with Crippen LogP contribution in [-0.4, -0.2) is 44.7 Å². The van der Waals surface area contributed by atoms with E-state index in [0.717, 1.165) is 24.9 Å². The number of nitrogens with zero attached hydrogens (tertiary/aromatic N) is 3. The van der Waals surface area contributed by atoms with Gasteiger partial charge in [0.1, 0.15) is 5.69 Å². The Morgan fingerprint density at radius 1 is 1.29 bits per heavy atom. The van der Waals surface area contributed by atoms with Gasteiger partial charge in [0, 0.05) is 12.2 Å². The van der Waals surface area contributed by atoms with Gasteiger partial charge < -0.3 is 10.0 Å². The summed E-state index contributed by atoms with van der Waals surface area (Å²) in [5, 5.41) is 9.48. The van der Waals surface area contributed by atoms with Crippen LogP contribution in [-0.2, 0) is 0 Å². The van der Waals surface area contributed by atoms with Crippen LogP contribution >= 0.6 is 0 Å². The minimum atomic E-state index is -0.0784. The van der Waals surface area contributed by atoms with Crippen LogP contribution in [0.2, 0.25) is 0 Å². The Hall–Kier alpha value is -2.14. The molecule has 0 aliphatic carbocycles. The number of hydrogen-bond acceptors (Lipinski definition) is 3. The molecule has 0 saturated carbocycles. The fourth-order valence-electron chi connectivity index (χ4n) is 2.85. The summed E-state index contributed by atoms with van der Waals surface area (Å²) in [7, 11) is 0. The number of carbonyl (C=O) groups is 1. The number of amides is 1. The lowest BCUT2D eigenvalue weighted by Gasteiger charge is -2.34. The van der Waals surface area contributed by atoms with Gasteiger partial charge in [-0.05, 0) is 31.4 Å². The largest absolute Gasteiger partial charge is 0.394 e. The van der Waals surface area contributed by atoms with Crippen molar-refractivity contribution in [1.29, 1.82) is 0 Å². The van der Waals surface area contributed by atoms with E-state index in [0.29, 0.717) is 12.2 Å². The van der Waals surface area contributed by atoms with Gasteiger partial charge in [-0.1, -0.05) is 18.2 Å². The van der Waals surface area contributed by atoms with Gasteiger partial charge in [0.05, 0.1) is 25.2 Å². The summed E-state index contributed by atoms with van der Waals surface area (Å²) in [6.45, 7) is 0.718. The Kier molecular flexibility index (Phi) is 4.01. The normalized spacial score (nSPS) is 18.7. The second-order valence-electron chi connectivity index (χ2n) is 5.32. The first-order valence-electron chi connectivity index (χ1n) is 7.31. The monoisotopic (exact) mass is 285 g/mol. The number of likely N-dealkylation sites (tertiary alicyclic amines) is 1. The molecule has 1 unspecified atom stereocenters. The fourth-order valence-corrected chi connectivity index (χ4v) is 2.85. The zero-order valence-corrected chi connectivity index (χ0v) is 11.9. The Morgan fingerprint density at radius 3 is 2.86 bits per heavy atom. The third-order valence-electron chi connectivity index (χ3n) is 3.99. The van der Waals surface area contributed by atoms with Crippen molar-refractivity contribution in [1.82, 2.24) is 14.5 Å². The molecule has 110 valence electrons. The van der Waals surface area contributed by atoms with Gasteiger partial charge in [-0.3, -0.25) is 9.36 Å². The second kappa shape index (κ2) is 6.10. The molecule has 0 spiro atoms. The van der Waals surface area contributed by atoms with Crippen LogP contribution in [0.15, 0.2) is 42.9 Å². The van der Waals surface area contributed by atoms with E-state index in [2.05, 4.69) is 4.98 Å². The molecule has 0 bridgehead atoms. The molecule has 5 heteroatoms. The minimum Gasteiger partial charge on any atom is -0.394 e. The number of aromatic nitrogens is 2. The van der Waals surface area contributed by atoms with E-state index < -0.39 is 0 Å². The van der Waals surface area contributed by atoms with Crippen molar-refractivity contribution in [2.45, 2.75) is 25.3 Å². The summed E-state index contributed by atoms with van der Waals surface area (Å²) >= 11 is 0. The van der Waals surface area contributed by atoms with E-state index in [1.165, 1.54) is 0 Å². The average Bonchev–Trinajstić information content (AvgIpc) is 3.04. The maximum atomic E-state index is 12.8. The van der Waals surface area contributed by atoms with Crippen LogP contribution in [0, 0.1) is 0 Å². The number of piperidine rings is 1. The first kappa shape index (κ1) is 13.8. The number of hydrogen-bond donors (Lipinski definition) is 1. The molecule has 1 amide bonds. The Labute approximate surface area is 123 Å². The predicted molar refractivity (Wildman–Crippen MR) is 79.3 cm³/mol. The molecule has 2 heterocycles. The SMILES string of the molecule is O=C(c1cncn1-c1ccccc1)N1CCCCC1CO. The third kappa shape index (κ3) is 2.69. The minimum absolute atomic E-state index is 0.0191. The Balaban J connectivity index is 1.90. The van der Waals surface area contributed by atoms with Crippen molar-refractivity contribution in [3.05, 3.63) is 48.5 Å². The molecule has 1 aromatic heterocycles. The molecular weight excluding hydrogens is 266 g/mol. The number of aliphatic hydroxyl groups excluding tert-OH is 1. The van der Waals surface area contributed by atoms with Gasteiger partial charge in [-0.15, -0.1) is 0 Å². The van der Waals surface area contributed by atoms with E-state index >= 15 is 0 Å². The summed E-state index contributed by atoms with van der Waals surface area (Å²) in [5.74, 6) is -0.0601. The third-order valence-corrected chi connectivity index (χ3v) is 3.99. The number of rotatable bonds is 3. The van der Waals surface area contributed by atoms with Crippen molar-refractivity contribution >= 4 is 5.91 Å². The number of aliphatic hydroxyl groups is 1. The number of carbonyl (C=O) groups excluding carboxylic acids is 1. The molecule has 1 fully saturated rings. The summed E-state index contributed by atoms with van der Waals surface area (Å²) in [6.07, 6.45) is 6.16. The first-order valence-corrected chi connectivity index (χ1v) is 7.31. The number of benzene rings is 1. The zero-order valence-electron chi connectivity index (χ0n) is 11.9. The molecule has 1 saturated heterocycles. The smallest absolute Gasteiger partial charge is 0.272 e. The van der Waals surface area contributed by atoms with Gasteiger partial charge in [0.15, 0.2) is 0 Å². The van der Waals surface area contributed by atoms with Crippen LogP contribution in [0.25, 0.3) is 5.69 Å². The molecule has 1 atom stereocenters. The van der Waals surface area contributed by atoms with Crippen LogP contribution in [0.1, 0.15) is 29.8 Å². The van der Waals surface area contributed by atoms with E-state index in [9.17, 15) is 9.90 Å². The number of para-hydroxylation sites is 1. The lowest BCUT2D eigenvalue weighted by molar-refractivity contribution is 0.0495. The molecular formula is C16H19N3O2. The number of imidazole rings is 1. The summed E-state index contributed by atoms with van der Waals surface area (Å²) < 4.78 is 1.80. The van der Waals surface area contributed by atoms with Gasteiger partial charge >= 0.3 is 0 Å². The summed E-state index contributed by atoms with van der Waals surface area (Å²) in [4.78, 5) is 18.7. The highest BCUT2D eigenvalue weighted by Gasteiger charge is 2.28. The molecule has 21 heavy (non-hydrogen) atoms.